The molecular weight excluding hydrogens is 368 g/mol. The molecule has 1 heterocycles. The third kappa shape index (κ3) is 8.23. The Kier molecular flexibility index (Phi) is 11.7. The molecule has 0 spiro atoms. The van der Waals surface area contributed by atoms with Crippen molar-refractivity contribution in [2.24, 2.45) is 0 Å². The molecule has 0 N–H and O–H groups in total. The van der Waals surface area contributed by atoms with Gasteiger partial charge in [-0.2, -0.15) is 0 Å². The summed E-state index contributed by atoms with van der Waals surface area (Å²) in [6.45, 7) is 5.52. The van der Waals surface area contributed by atoms with Crippen LogP contribution in [0.3, 0.4) is 0 Å². The van der Waals surface area contributed by atoms with Crippen molar-refractivity contribution >= 4 is 5.97 Å². The van der Waals surface area contributed by atoms with E-state index in [2.05, 4.69) is 36.7 Å². The smallest absolute Gasteiger partial charge is 0.338 e. The van der Waals surface area contributed by atoms with Crippen LogP contribution in [0, 0.1) is 23.7 Å². The van der Waals surface area contributed by atoms with Crippen LogP contribution in [0.15, 0.2) is 12.2 Å². The summed E-state index contributed by atoms with van der Waals surface area (Å²) in [6, 6.07) is 0. The number of esters is 1. The Morgan fingerprint density at radius 2 is 1.76 bits per heavy atom. The van der Waals surface area contributed by atoms with Gasteiger partial charge in [0.15, 0.2) is 6.10 Å². The summed E-state index contributed by atoms with van der Waals surface area (Å²) in [5.41, 5.74) is 0. The molecular formula is C24H36O5. The van der Waals surface area contributed by atoms with Crippen LogP contribution < -0.4 is 0 Å². The van der Waals surface area contributed by atoms with Crippen LogP contribution in [0.25, 0.3) is 0 Å². The highest BCUT2D eigenvalue weighted by atomic mass is 16.8. The Labute approximate surface area is 176 Å². The zero-order chi connectivity index (χ0) is 21.6. The Morgan fingerprint density at radius 3 is 2.45 bits per heavy atom. The molecule has 5 nitrogen and oxygen atoms in total. The van der Waals surface area contributed by atoms with Crippen LogP contribution >= 0.6 is 0 Å². The zero-order valence-corrected chi connectivity index (χ0v) is 18.6. The van der Waals surface area contributed by atoms with E-state index in [9.17, 15) is 4.79 Å². The molecule has 0 radical (unpaired) electrons. The summed E-state index contributed by atoms with van der Waals surface area (Å²) in [7, 11) is 2.99. The number of hydrogen-bond acceptors (Lipinski definition) is 5. The maximum atomic E-state index is 12.2. The second kappa shape index (κ2) is 13.4. The third-order valence-corrected chi connectivity index (χ3v) is 5.20. The number of allylic oxidation sites excluding steroid dienone is 2. The highest BCUT2D eigenvalue weighted by Crippen LogP contribution is 2.38. The van der Waals surface area contributed by atoms with Crippen LogP contribution in [0.1, 0.15) is 78.6 Å². The number of hydrogen-bond donors (Lipinski definition) is 0. The van der Waals surface area contributed by atoms with Gasteiger partial charge in [-0.1, -0.05) is 50.5 Å². The fourth-order valence-corrected chi connectivity index (χ4v) is 2.95. The molecule has 1 aliphatic heterocycles. The van der Waals surface area contributed by atoms with Crippen molar-refractivity contribution in [3.8, 4) is 23.7 Å². The number of carbonyl (C=O) groups excluding carboxylic acids is 1. The molecule has 5 heteroatoms. The van der Waals surface area contributed by atoms with Crippen LogP contribution in [-0.4, -0.2) is 37.9 Å². The molecule has 0 aromatic carbocycles. The minimum absolute atomic E-state index is 0.400. The summed E-state index contributed by atoms with van der Waals surface area (Å²) in [5, 5.41) is 0. The maximum absolute atomic E-state index is 12.2. The van der Waals surface area contributed by atoms with E-state index in [1.165, 1.54) is 20.6 Å². The van der Waals surface area contributed by atoms with Crippen molar-refractivity contribution < 1.29 is 23.7 Å². The molecule has 0 aliphatic carbocycles. The van der Waals surface area contributed by atoms with E-state index in [1.54, 1.807) is 13.8 Å². The lowest BCUT2D eigenvalue weighted by Gasteiger charge is -2.47. The van der Waals surface area contributed by atoms with Gasteiger partial charge < -0.3 is 18.9 Å². The van der Waals surface area contributed by atoms with Gasteiger partial charge in [0.2, 0.25) is 5.79 Å². The van der Waals surface area contributed by atoms with E-state index in [4.69, 9.17) is 18.9 Å². The van der Waals surface area contributed by atoms with E-state index >= 15 is 0 Å². The Bertz CT molecular complexity index is 648. The van der Waals surface area contributed by atoms with E-state index in [0.29, 0.717) is 6.42 Å². The first kappa shape index (κ1) is 25.2. The van der Waals surface area contributed by atoms with Crippen LogP contribution in [-0.2, 0) is 23.7 Å². The molecule has 1 fully saturated rings. The van der Waals surface area contributed by atoms with Gasteiger partial charge in [0.05, 0.1) is 0 Å². The van der Waals surface area contributed by atoms with Crippen molar-refractivity contribution in [2.45, 2.75) is 96.2 Å². The van der Waals surface area contributed by atoms with Crippen LogP contribution in [0.4, 0.5) is 0 Å². The molecule has 1 saturated heterocycles. The fourth-order valence-electron chi connectivity index (χ4n) is 2.95. The Morgan fingerprint density at radius 1 is 1.03 bits per heavy atom. The van der Waals surface area contributed by atoms with E-state index in [0.717, 1.165) is 44.9 Å². The van der Waals surface area contributed by atoms with Gasteiger partial charge in [-0.15, -0.1) is 0 Å². The fraction of sp³-hybridized carbons (Fsp3) is 0.708. The van der Waals surface area contributed by atoms with Gasteiger partial charge in [-0.3, -0.25) is 0 Å². The number of methoxy groups -OCH3 is 2. The first-order chi connectivity index (χ1) is 13.9. The van der Waals surface area contributed by atoms with Gasteiger partial charge in [0.25, 0.3) is 5.79 Å². The van der Waals surface area contributed by atoms with Gasteiger partial charge in [0.1, 0.15) is 0 Å². The lowest BCUT2D eigenvalue weighted by atomic mass is 10.0. The first-order valence-electron chi connectivity index (χ1n) is 10.6. The van der Waals surface area contributed by atoms with Crippen molar-refractivity contribution in [2.75, 3.05) is 14.2 Å². The lowest BCUT2D eigenvalue weighted by molar-refractivity contribution is -0.406. The zero-order valence-electron chi connectivity index (χ0n) is 18.6. The number of carbonyl (C=O) groups is 1. The average molecular weight is 405 g/mol. The second-order valence-electron chi connectivity index (χ2n) is 7.40. The summed E-state index contributed by atoms with van der Waals surface area (Å²) >= 11 is 0. The molecule has 0 aromatic rings. The number of ether oxygens (including phenoxy) is 4. The van der Waals surface area contributed by atoms with E-state index in [1.807, 2.05) is 6.08 Å². The Hall–Kier alpha value is -1.79. The number of rotatable bonds is 11. The van der Waals surface area contributed by atoms with Crippen LogP contribution in [0.5, 0.6) is 0 Å². The Balaban J connectivity index is 2.22. The predicted octanol–water partition coefficient (Wildman–Crippen LogP) is 4.75. The lowest BCUT2D eigenvalue weighted by Crippen LogP contribution is -2.64. The summed E-state index contributed by atoms with van der Waals surface area (Å²) in [6.07, 6.45) is 12.3. The quantitative estimate of drug-likeness (QED) is 0.283. The molecule has 1 rings (SSSR count). The SMILES string of the molecule is CCCCC#CC#C/C=C/CCCCCC[C@@H]1O[C@](C)(OC)[C@@](C)(OC)OC1=O. The van der Waals surface area contributed by atoms with Gasteiger partial charge in [0, 0.05) is 27.6 Å². The van der Waals surface area contributed by atoms with Crippen molar-refractivity contribution in [1.82, 2.24) is 0 Å². The monoisotopic (exact) mass is 404 g/mol. The van der Waals surface area contributed by atoms with Gasteiger partial charge in [-0.05, 0) is 50.5 Å². The standard InChI is InChI=1S/C24H36O5/c1-6-7-8-9-10-11-12-13-14-15-16-17-18-19-20-21-22(25)29-24(3,27-5)23(2,26-4)28-21/h13-14,21H,6-8,15-20H2,1-5H3/b14-13+/t21-,23-,24-/m0/s1. The highest BCUT2D eigenvalue weighted by molar-refractivity contribution is 5.75. The minimum Gasteiger partial charge on any atom is -0.425 e. The molecule has 0 aromatic heterocycles. The highest BCUT2D eigenvalue weighted by Gasteiger charge is 2.57. The summed E-state index contributed by atoms with van der Waals surface area (Å²) in [4.78, 5) is 12.2. The molecule has 0 unspecified atom stereocenters. The van der Waals surface area contributed by atoms with Gasteiger partial charge in [-0.25, -0.2) is 4.79 Å². The third-order valence-electron chi connectivity index (χ3n) is 5.20. The van der Waals surface area contributed by atoms with Crippen molar-refractivity contribution in [1.29, 1.82) is 0 Å². The van der Waals surface area contributed by atoms with Crippen molar-refractivity contribution in [3.05, 3.63) is 12.2 Å². The molecule has 1 aliphatic rings. The normalized spacial score (nSPS) is 26.4. The summed E-state index contributed by atoms with van der Waals surface area (Å²) in [5.74, 6) is 8.90. The topological polar surface area (TPSA) is 54.0 Å². The first-order valence-corrected chi connectivity index (χ1v) is 10.6. The predicted molar refractivity (Wildman–Crippen MR) is 114 cm³/mol. The average Bonchev–Trinajstić information content (AvgIpc) is 2.71. The van der Waals surface area contributed by atoms with E-state index in [-0.39, 0.29) is 0 Å². The molecule has 3 atom stereocenters. The molecule has 0 amide bonds. The van der Waals surface area contributed by atoms with Crippen LogP contribution in [0.2, 0.25) is 0 Å². The molecule has 162 valence electrons. The molecule has 0 bridgehead atoms. The largest absolute Gasteiger partial charge is 0.425 e. The van der Waals surface area contributed by atoms with Crippen molar-refractivity contribution in [3.63, 3.8) is 0 Å². The minimum atomic E-state index is -1.26. The summed E-state index contributed by atoms with van der Waals surface area (Å²) < 4.78 is 22.1. The maximum Gasteiger partial charge on any atom is 0.338 e. The number of unbranched alkanes of at least 4 members (excludes halogenated alkanes) is 6. The van der Waals surface area contributed by atoms with E-state index < -0.39 is 23.6 Å². The number of cyclic esters (lactones) is 1. The second-order valence-corrected chi connectivity index (χ2v) is 7.40. The molecule has 29 heavy (non-hydrogen) atoms. The molecule has 0 saturated carbocycles. The van der Waals surface area contributed by atoms with Gasteiger partial charge >= 0.3 is 5.97 Å².